The van der Waals surface area contributed by atoms with E-state index in [1.54, 1.807) is 0 Å². The summed E-state index contributed by atoms with van der Waals surface area (Å²) in [6.07, 6.45) is 2.59. The van der Waals surface area contributed by atoms with Crippen LogP contribution < -0.4 is 10.2 Å². The summed E-state index contributed by atoms with van der Waals surface area (Å²) in [5.74, 6) is 0.808. The maximum absolute atomic E-state index is 5.81. The Labute approximate surface area is 166 Å². The number of hydrogen-bond donors (Lipinski definition) is 1. The lowest BCUT2D eigenvalue weighted by Crippen LogP contribution is -2.27. The minimum Gasteiger partial charge on any atom is -0.377 e. The van der Waals surface area contributed by atoms with Crippen LogP contribution in [0.1, 0.15) is 24.0 Å². The van der Waals surface area contributed by atoms with E-state index in [1.165, 1.54) is 5.56 Å². The van der Waals surface area contributed by atoms with Crippen molar-refractivity contribution < 1.29 is 9.26 Å². The predicted octanol–water partition coefficient (Wildman–Crippen LogP) is 4.25. The summed E-state index contributed by atoms with van der Waals surface area (Å²) in [5.41, 5.74) is 4.29. The largest absolute Gasteiger partial charge is 0.377 e. The molecule has 146 valence electrons. The maximum atomic E-state index is 5.81. The van der Waals surface area contributed by atoms with E-state index in [9.17, 15) is 0 Å². The molecule has 1 saturated heterocycles. The summed E-state index contributed by atoms with van der Waals surface area (Å²) in [5, 5.41) is 7.96. The molecule has 0 bridgehead atoms. The number of hydrogen-bond acceptors (Lipinski definition) is 5. The Kier molecular flexibility index (Phi) is 6.04. The van der Waals surface area contributed by atoms with Gasteiger partial charge in [0.25, 0.3) is 0 Å². The van der Waals surface area contributed by atoms with E-state index < -0.39 is 0 Å². The van der Waals surface area contributed by atoms with E-state index >= 15 is 0 Å². The molecule has 4 rings (SSSR count). The average Bonchev–Trinajstić information content (AvgIpc) is 3.39. The lowest BCUT2D eigenvalue weighted by Gasteiger charge is -2.18. The van der Waals surface area contributed by atoms with Crippen LogP contribution in [0, 0.1) is 0 Å². The van der Waals surface area contributed by atoms with E-state index in [4.69, 9.17) is 9.26 Å². The van der Waals surface area contributed by atoms with Gasteiger partial charge in [0.2, 0.25) is 5.88 Å². The Bertz CT molecular complexity index is 858. The van der Waals surface area contributed by atoms with Crippen molar-refractivity contribution in [3.63, 3.8) is 0 Å². The fraction of sp³-hybridized carbons (Fsp3) is 0.348. The molecule has 5 heteroatoms. The highest BCUT2D eigenvalue weighted by molar-refractivity contribution is 5.68. The number of nitrogens with zero attached hydrogens (tertiary/aromatic N) is 2. The van der Waals surface area contributed by atoms with Gasteiger partial charge in [-0.2, -0.15) is 0 Å². The normalized spacial score (nSPS) is 16.4. The first-order chi connectivity index (χ1) is 13.8. The topological polar surface area (TPSA) is 50.5 Å². The number of rotatable bonds is 8. The molecule has 0 spiro atoms. The van der Waals surface area contributed by atoms with Crippen LogP contribution in [0.5, 0.6) is 0 Å². The summed E-state index contributed by atoms with van der Waals surface area (Å²) in [7, 11) is 2.05. The Hall–Kier alpha value is -2.63. The molecule has 1 atom stereocenters. The van der Waals surface area contributed by atoms with Crippen molar-refractivity contribution in [2.24, 2.45) is 0 Å². The van der Waals surface area contributed by atoms with Gasteiger partial charge in [-0.3, -0.25) is 0 Å². The second kappa shape index (κ2) is 9.04. The second-order valence-electron chi connectivity index (χ2n) is 7.29. The van der Waals surface area contributed by atoms with Crippen LogP contribution in [-0.4, -0.2) is 31.5 Å². The Morgan fingerprint density at radius 3 is 2.54 bits per heavy atom. The van der Waals surface area contributed by atoms with Crippen molar-refractivity contribution in [2.45, 2.75) is 32.0 Å². The van der Waals surface area contributed by atoms with E-state index in [1.807, 2.05) is 31.3 Å². The minimum atomic E-state index is 0.311. The summed E-state index contributed by atoms with van der Waals surface area (Å²) < 4.78 is 11.5. The lowest BCUT2D eigenvalue weighted by molar-refractivity contribution is 0.110. The average molecular weight is 377 g/mol. The monoisotopic (exact) mass is 377 g/mol. The van der Waals surface area contributed by atoms with Gasteiger partial charge >= 0.3 is 0 Å². The van der Waals surface area contributed by atoms with Gasteiger partial charge in [-0.25, -0.2) is 0 Å². The first-order valence-electron chi connectivity index (χ1n) is 9.92. The van der Waals surface area contributed by atoms with Crippen molar-refractivity contribution in [3.8, 4) is 11.3 Å². The van der Waals surface area contributed by atoms with Crippen LogP contribution in [0.4, 0.5) is 5.88 Å². The van der Waals surface area contributed by atoms with E-state index in [0.717, 1.165) is 55.2 Å². The zero-order valence-corrected chi connectivity index (χ0v) is 16.3. The zero-order chi connectivity index (χ0) is 19.2. The molecular formula is C23H27N3O2. The molecule has 1 aromatic heterocycles. The van der Waals surface area contributed by atoms with Gasteiger partial charge in [-0.15, -0.1) is 0 Å². The molecule has 0 amide bonds. The van der Waals surface area contributed by atoms with Gasteiger partial charge < -0.3 is 19.5 Å². The number of ether oxygens (including phenoxy) is 1. The van der Waals surface area contributed by atoms with Crippen molar-refractivity contribution in [1.82, 2.24) is 10.5 Å². The smallest absolute Gasteiger partial charge is 0.232 e. The third-order valence-corrected chi connectivity index (χ3v) is 5.12. The van der Waals surface area contributed by atoms with Gasteiger partial charge in [-0.05, 0) is 18.4 Å². The Morgan fingerprint density at radius 2 is 1.82 bits per heavy atom. The maximum Gasteiger partial charge on any atom is 0.232 e. The van der Waals surface area contributed by atoms with Crippen LogP contribution in [0.2, 0.25) is 0 Å². The van der Waals surface area contributed by atoms with Gasteiger partial charge in [0.15, 0.2) is 0 Å². The van der Waals surface area contributed by atoms with Gasteiger partial charge in [0, 0.05) is 38.9 Å². The summed E-state index contributed by atoms with van der Waals surface area (Å²) >= 11 is 0. The number of benzene rings is 2. The van der Waals surface area contributed by atoms with Crippen LogP contribution in [0.25, 0.3) is 11.3 Å². The van der Waals surface area contributed by atoms with Crippen molar-refractivity contribution in [3.05, 3.63) is 71.8 Å². The molecule has 2 aromatic carbocycles. The molecule has 1 N–H and O–H groups in total. The zero-order valence-electron chi connectivity index (χ0n) is 16.3. The van der Waals surface area contributed by atoms with Crippen molar-refractivity contribution >= 4 is 5.88 Å². The SMILES string of the molecule is CN(Cc1ccccc1)c1onc(-c2ccccc2)c1CNCC1CCCO1. The van der Waals surface area contributed by atoms with Gasteiger partial charge in [0.1, 0.15) is 5.69 Å². The molecule has 28 heavy (non-hydrogen) atoms. The van der Waals surface area contributed by atoms with Crippen molar-refractivity contribution in [1.29, 1.82) is 0 Å². The number of aromatic nitrogens is 1. The summed E-state index contributed by atoms with van der Waals surface area (Å²) in [6.45, 7) is 3.19. The number of anilines is 1. The lowest BCUT2D eigenvalue weighted by atomic mass is 10.1. The molecule has 0 saturated carbocycles. The summed E-state index contributed by atoms with van der Waals surface area (Å²) in [4.78, 5) is 2.12. The molecule has 1 unspecified atom stereocenters. The van der Waals surface area contributed by atoms with Gasteiger partial charge in [0.05, 0.1) is 11.7 Å². The summed E-state index contributed by atoms with van der Waals surface area (Å²) in [6, 6.07) is 20.6. The molecule has 1 aliphatic rings. The highest BCUT2D eigenvalue weighted by Gasteiger charge is 2.21. The standard InChI is InChI=1S/C23H27N3O2/c1-26(17-18-9-4-2-5-10-18)23-21(16-24-15-20-13-8-14-27-20)22(25-28-23)19-11-6-3-7-12-19/h2-7,9-12,20,24H,8,13-17H2,1H3. The molecule has 1 aliphatic heterocycles. The fourth-order valence-corrected chi connectivity index (χ4v) is 3.68. The highest BCUT2D eigenvalue weighted by atomic mass is 16.5. The van der Waals surface area contributed by atoms with Gasteiger partial charge in [-0.1, -0.05) is 65.8 Å². The third-order valence-electron chi connectivity index (χ3n) is 5.12. The first-order valence-corrected chi connectivity index (χ1v) is 9.92. The number of nitrogens with one attached hydrogen (secondary N) is 1. The molecule has 0 aliphatic carbocycles. The third kappa shape index (κ3) is 4.43. The molecule has 3 aromatic rings. The van der Waals surface area contributed by atoms with Crippen LogP contribution in [0.15, 0.2) is 65.2 Å². The van der Waals surface area contributed by atoms with Crippen LogP contribution in [-0.2, 0) is 17.8 Å². The predicted molar refractivity (Wildman–Crippen MR) is 111 cm³/mol. The molecule has 1 fully saturated rings. The van der Waals surface area contributed by atoms with E-state index in [0.29, 0.717) is 12.6 Å². The molecule has 0 radical (unpaired) electrons. The van der Waals surface area contributed by atoms with Crippen LogP contribution >= 0.6 is 0 Å². The Balaban J connectivity index is 1.55. The Morgan fingerprint density at radius 1 is 1.07 bits per heavy atom. The fourth-order valence-electron chi connectivity index (χ4n) is 3.68. The molecule has 5 nitrogen and oxygen atoms in total. The van der Waals surface area contributed by atoms with Crippen molar-refractivity contribution in [2.75, 3.05) is 25.1 Å². The van der Waals surface area contributed by atoms with E-state index in [2.05, 4.69) is 51.8 Å². The molecule has 2 heterocycles. The first kappa shape index (κ1) is 18.7. The second-order valence-corrected chi connectivity index (χ2v) is 7.29. The van der Waals surface area contributed by atoms with Crippen LogP contribution in [0.3, 0.4) is 0 Å². The highest BCUT2D eigenvalue weighted by Crippen LogP contribution is 2.31. The molecular weight excluding hydrogens is 350 g/mol. The van der Waals surface area contributed by atoms with E-state index in [-0.39, 0.29) is 0 Å². The quantitative estimate of drug-likeness (QED) is 0.636. The minimum absolute atomic E-state index is 0.311.